The van der Waals surface area contributed by atoms with Crippen molar-refractivity contribution in [2.45, 2.75) is 13.5 Å². The van der Waals surface area contributed by atoms with Crippen LogP contribution < -0.4 is 9.47 Å². The minimum atomic E-state index is -0.571. The van der Waals surface area contributed by atoms with Gasteiger partial charge in [0.25, 0.3) is 16.8 Å². The number of carbonyl (C=O) groups is 3. The van der Waals surface area contributed by atoms with E-state index in [1.165, 1.54) is 31.4 Å². The van der Waals surface area contributed by atoms with Crippen molar-refractivity contribution in [2.75, 3.05) is 7.11 Å². The van der Waals surface area contributed by atoms with Crippen LogP contribution in [0.15, 0.2) is 70.0 Å². The van der Waals surface area contributed by atoms with Gasteiger partial charge >= 0.3 is 5.97 Å². The molecule has 0 bridgehead atoms. The molecule has 0 aromatic heterocycles. The number of hydrogen-bond donors (Lipinski definition) is 0. The number of benzene rings is 3. The average molecular weight is 583 g/mol. The maximum atomic E-state index is 13.0. The van der Waals surface area contributed by atoms with E-state index in [1.54, 1.807) is 42.5 Å². The molecule has 0 aliphatic carbocycles. The standard InChI is InChI=1S/C26H19BrN2O7S/c1-15-7-9-17(10-8-15)25(31)36-23-19(27)11-16(12-21(23)35-2)13-22-24(30)28(26(32)37-22)14-18-5-3-4-6-20(18)29(33)34/h3-13H,14H2,1-2H3/b22-13-. The Morgan fingerprint density at radius 1 is 1.14 bits per heavy atom. The highest BCUT2D eigenvalue weighted by Crippen LogP contribution is 2.40. The fourth-order valence-corrected chi connectivity index (χ4v) is 4.92. The van der Waals surface area contributed by atoms with Crippen LogP contribution in [0.2, 0.25) is 0 Å². The number of amides is 2. The third-order valence-corrected chi connectivity index (χ3v) is 6.92. The number of hydrogen-bond acceptors (Lipinski definition) is 8. The largest absolute Gasteiger partial charge is 0.493 e. The van der Waals surface area contributed by atoms with Gasteiger partial charge in [-0.15, -0.1) is 0 Å². The molecule has 37 heavy (non-hydrogen) atoms. The van der Waals surface area contributed by atoms with Gasteiger partial charge in [-0.3, -0.25) is 24.6 Å². The van der Waals surface area contributed by atoms with Gasteiger partial charge in [-0.05, 0) is 70.5 Å². The van der Waals surface area contributed by atoms with Crippen LogP contribution in [0.5, 0.6) is 11.5 Å². The van der Waals surface area contributed by atoms with Crippen LogP contribution in [-0.2, 0) is 11.3 Å². The molecule has 0 radical (unpaired) electrons. The Morgan fingerprint density at radius 3 is 2.51 bits per heavy atom. The maximum Gasteiger partial charge on any atom is 0.343 e. The lowest BCUT2D eigenvalue weighted by Gasteiger charge is -2.13. The fourth-order valence-electron chi connectivity index (χ4n) is 3.54. The van der Waals surface area contributed by atoms with Crippen molar-refractivity contribution in [1.82, 2.24) is 4.90 Å². The Hall–Kier alpha value is -3.96. The summed E-state index contributed by atoms with van der Waals surface area (Å²) in [6.07, 6.45) is 1.50. The second kappa shape index (κ2) is 11.0. The van der Waals surface area contributed by atoms with Crippen LogP contribution in [0, 0.1) is 17.0 Å². The summed E-state index contributed by atoms with van der Waals surface area (Å²) in [5.41, 5.74) is 1.97. The number of halogens is 1. The van der Waals surface area contributed by atoms with E-state index >= 15 is 0 Å². The molecule has 2 amide bonds. The molecule has 1 heterocycles. The molecular weight excluding hydrogens is 564 g/mol. The Kier molecular flexibility index (Phi) is 7.74. The van der Waals surface area contributed by atoms with E-state index in [9.17, 15) is 24.5 Å². The van der Waals surface area contributed by atoms with E-state index in [1.807, 2.05) is 6.92 Å². The third kappa shape index (κ3) is 5.73. The molecule has 188 valence electrons. The fraction of sp³-hybridized carbons (Fsp3) is 0.115. The highest BCUT2D eigenvalue weighted by atomic mass is 79.9. The van der Waals surface area contributed by atoms with Gasteiger partial charge < -0.3 is 9.47 Å². The molecule has 3 aromatic carbocycles. The number of esters is 1. The first kappa shape index (κ1) is 26.1. The molecule has 0 spiro atoms. The van der Waals surface area contributed by atoms with Crippen LogP contribution in [0.1, 0.15) is 27.0 Å². The van der Waals surface area contributed by atoms with E-state index in [0.29, 0.717) is 15.6 Å². The first-order chi connectivity index (χ1) is 17.7. The number of imide groups is 1. The van der Waals surface area contributed by atoms with Crippen LogP contribution in [-0.4, -0.2) is 34.0 Å². The summed E-state index contributed by atoms with van der Waals surface area (Å²) in [5, 5.41) is 10.8. The monoisotopic (exact) mass is 582 g/mol. The number of nitro benzene ring substituents is 1. The van der Waals surface area contributed by atoms with Gasteiger partial charge in [-0.2, -0.15) is 0 Å². The minimum Gasteiger partial charge on any atom is -0.493 e. The number of methoxy groups -OCH3 is 1. The molecule has 1 fully saturated rings. The summed E-state index contributed by atoms with van der Waals surface area (Å²) in [6, 6.07) is 16.1. The van der Waals surface area contributed by atoms with Gasteiger partial charge in [0.2, 0.25) is 0 Å². The van der Waals surface area contributed by atoms with Gasteiger partial charge in [-0.1, -0.05) is 35.9 Å². The van der Waals surface area contributed by atoms with Crippen molar-refractivity contribution in [3.8, 4) is 11.5 Å². The molecule has 11 heteroatoms. The highest BCUT2D eigenvalue weighted by molar-refractivity contribution is 9.10. The lowest BCUT2D eigenvalue weighted by molar-refractivity contribution is -0.385. The van der Waals surface area contributed by atoms with E-state index in [-0.39, 0.29) is 34.2 Å². The first-order valence-corrected chi connectivity index (χ1v) is 12.4. The molecule has 1 aliphatic heterocycles. The van der Waals surface area contributed by atoms with Gasteiger partial charge in [0.1, 0.15) is 0 Å². The third-order valence-electron chi connectivity index (χ3n) is 5.42. The van der Waals surface area contributed by atoms with Crippen molar-refractivity contribution in [1.29, 1.82) is 0 Å². The zero-order chi connectivity index (χ0) is 26.7. The maximum absolute atomic E-state index is 13.0. The van der Waals surface area contributed by atoms with Crippen molar-refractivity contribution in [3.05, 3.63) is 102 Å². The molecule has 0 unspecified atom stereocenters. The summed E-state index contributed by atoms with van der Waals surface area (Å²) in [7, 11) is 1.41. The Bertz CT molecular complexity index is 1450. The van der Waals surface area contributed by atoms with Crippen molar-refractivity contribution in [3.63, 3.8) is 0 Å². The van der Waals surface area contributed by atoms with Crippen LogP contribution in [0.25, 0.3) is 6.08 Å². The summed E-state index contributed by atoms with van der Waals surface area (Å²) in [5.74, 6) is -0.740. The molecule has 4 rings (SSSR count). The lowest BCUT2D eigenvalue weighted by atomic mass is 10.1. The van der Waals surface area contributed by atoms with E-state index in [4.69, 9.17) is 9.47 Å². The highest BCUT2D eigenvalue weighted by Gasteiger charge is 2.36. The van der Waals surface area contributed by atoms with E-state index in [0.717, 1.165) is 22.2 Å². The first-order valence-electron chi connectivity index (χ1n) is 10.8. The lowest BCUT2D eigenvalue weighted by Crippen LogP contribution is -2.27. The van der Waals surface area contributed by atoms with Gasteiger partial charge in [0.15, 0.2) is 11.5 Å². The quantitative estimate of drug-likeness (QED) is 0.107. The SMILES string of the molecule is COc1cc(/C=C2\SC(=O)N(Cc3ccccc3[N+](=O)[O-])C2=O)cc(Br)c1OC(=O)c1ccc(C)cc1. The molecule has 0 atom stereocenters. The molecule has 0 saturated carbocycles. The molecule has 1 saturated heterocycles. The molecule has 0 N–H and O–H groups in total. The number of carbonyl (C=O) groups excluding carboxylic acids is 3. The minimum absolute atomic E-state index is 0.141. The summed E-state index contributed by atoms with van der Waals surface area (Å²) in [6.45, 7) is 1.69. The number of thioether (sulfide) groups is 1. The topological polar surface area (TPSA) is 116 Å². The Morgan fingerprint density at radius 2 is 1.84 bits per heavy atom. The molecular formula is C26H19BrN2O7S. The molecule has 1 aliphatic rings. The number of nitro groups is 1. The Labute approximate surface area is 224 Å². The summed E-state index contributed by atoms with van der Waals surface area (Å²) < 4.78 is 11.4. The van der Waals surface area contributed by atoms with Crippen molar-refractivity contribution < 1.29 is 28.8 Å². The molecule has 3 aromatic rings. The van der Waals surface area contributed by atoms with Gasteiger partial charge in [0.05, 0.1) is 33.5 Å². The number of rotatable bonds is 7. The number of aryl methyl sites for hydroxylation is 1. The smallest absolute Gasteiger partial charge is 0.343 e. The van der Waals surface area contributed by atoms with Crippen LogP contribution >= 0.6 is 27.7 Å². The van der Waals surface area contributed by atoms with E-state index in [2.05, 4.69) is 15.9 Å². The predicted molar refractivity (Wildman–Crippen MR) is 141 cm³/mol. The van der Waals surface area contributed by atoms with Gasteiger partial charge in [0, 0.05) is 11.6 Å². The number of para-hydroxylation sites is 1. The summed E-state index contributed by atoms with van der Waals surface area (Å²) in [4.78, 5) is 50.0. The van der Waals surface area contributed by atoms with Crippen LogP contribution in [0.4, 0.5) is 10.5 Å². The predicted octanol–water partition coefficient (Wildman–Crippen LogP) is 6.13. The summed E-state index contributed by atoms with van der Waals surface area (Å²) >= 11 is 4.12. The average Bonchev–Trinajstić information content (AvgIpc) is 3.13. The number of ether oxygens (including phenoxy) is 2. The second-order valence-electron chi connectivity index (χ2n) is 7.94. The zero-order valence-corrected chi connectivity index (χ0v) is 22.0. The Balaban J connectivity index is 1.57. The second-order valence-corrected chi connectivity index (χ2v) is 9.79. The van der Waals surface area contributed by atoms with Crippen LogP contribution in [0.3, 0.4) is 0 Å². The van der Waals surface area contributed by atoms with Crippen molar-refractivity contribution in [2.24, 2.45) is 0 Å². The zero-order valence-electron chi connectivity index (χ0n) is 19.6. The number of nitrogens with zero attached hydrogens (tertiary/aromatic N) is 2. The van der Waals surface area contributed by atoms with Gasteiger partial charge in [-0.25, -0.2) is 4.79 Å². The van der Waals surface area contributed by atoms with E-state index < -0.39 is 22.0 Å². The normalized spacial score (nSPS) is 14.2. The van der Waals surface area contributed by atoms with Crippen molar-refractivity contribution >= 4 is 56.6 Å². The molecule has 9 nitrogen and oxygen atoms in total.